The standard InChI is InChI=1S/C16H18FNOS/c1-19-11-10-18-12-13-4-2-3-5-16(13)20-15-8-6-14(17)7-9-15/h2-9,18H,10-12H2,1H3. The molecular formula is C16H18FNOS. The summed E-state index contributed by atoms with van der Waals surface area (Å²) in [5.41, 5.74) is 1.23. The van der Waals surface area contributed by atoms with Crippen molar-refractivity contribution in [2.75, 3.05) is 20.3 Å². The molecular weight excluding hydrogens is 273 g/mol. The molecule has 2 rings (SSSR count). The topological polar surface area (TPSA) is 21.3 Å². The lowest BCUT2D eigenvalue weighted by Gasteiger charge is -2.10. The van der Waals surface area contributed by atoms with Crippen molar-refractivity contribution >= 4 is 11.8 Å². The molecule has 2 aromatic rings. The van der Waals surface area contributed by atoms with E-state index in [1.54, 1.807) is 31.0 Å². The van der Waals surface area contributed by atoms with Crippen LogP contribution < -0.4 is 5.32 Å². The maximum Gasteiger partial charge on any atom is 0.123 e. The molecule has 106 valence electrons. The maximum atomic E-state index is 12.9. The van der Waals surface area contributed by atoms with Crippen molar-refractivity contribution in [1.29, 1.82) is 0 Å². The number of ether oxygens (including phenoxy) is 1. The molecule has 0 saturated heterocycles. The lowest BCUT2D eigenvalue weighted by atomic mass is 10.2. The summed E-state index contributed by atoms with van der Waals surface area (Å²) in [6, 6.07) is 14.8. The van der Waals surface area contributed by atoms with E-state index >= 15 is 0 Å². The number of methoxy groups -OCH3 is 1. The normalized spacial score (nSPS) is 10.7. The Labute approximate surface area is 123 Å². The molecule has 0 amide bonds. The van der Waals surface area contributed by atoms with Crippen LogP contribution >= 0.6 is 11.8 Å². The fraction of sp³-hybridized carbons (Fsp3) is 0.250. The Hall–Kier alpha value is -1.36. The van der Waals surface area contributed by atoms with Crippen LogP contribution in [0.15, 0.2) is 58.3 Å². The first-order valence-corrected chi connectivity index (χ1v) is 7.32. The highest BCUT2D eigenvalue weighted by molar-refractivity contribution is 7.99. The van der Waals surface area contributed by atoms with Gasteiger partial charge in [-0.25, -0.2) is 4.39 Å². The number of nitrogens with one attached hydrogen (secondary N) is 1. The molecule has 0 radical (unpaired) electrons. The van der Waals surface area contributed by atoms with E-state index in [9.17, 15) is 4.39 Å². The van der Waals surface area contributed by atoms with Crippen molar-refractivity contribution in [1.82, 2.24) is 5.32 Å². The van der Waals surface area contributed by atoms with Crippen molar-refractivity contribution in [3.8, 4) is 0 Å². The quantitative estimate of drug-likeness (QED) is 0.786. The molecule has 0 aliphatic rings. The Bertz CT molecular complexity index is 530. The van der Waals surface area contributed by atoms with Gasteiger partial charge in [-0.1, -0.05) is 30.0 Å². The first-order valence-electron chi connectivity index (χ1n) is 6.50. The van der Waals surface area contributed by atoms with E-state index in [4.69, 9.17) is 4.74 Å². The third-order valence-electron chi connectivity index (χ3n) is 2.81. The van der Waals surface area contributed by atoms with Gasteiger partial charge in [-0.2, -0.15) is 0 Å². The van der Waals surface area contributed by atoms with Crippen LogP contribution in [0.4, 0.5) is 4.39 Å². The molecule has 0 unspecified atom stereocenters. The second-order valence-electron chi connectivity index (χ2n) is 4.33. The first kappa shape index (κ1) is 15.0. The van der Waals surface area contributed by atoms with Crippen LogP contribution in [0.2, 0.25) is 0 Å². The Balaban J connectivity index is 2.01. The molecule has 0 spiro atoms. The summed E-state index contributed by atoms with van der Waals surface area (Å²) in [5, 5.41) is 3.34. The third kappa shape index (κ3) is 4.63. The summed E-state index contributed by atoms with van der Waals surface area (Å²) < 4.78 is 17.9. The lowest BCUT2D eigenvalue weighted by Crippen LogP contribution is -2.18. The van der Waals surface area contributed by atoms with Gasteiger partial charge >= 0.3 is 0 Å². The average molecular weight is 291 g/mol. The van der Waals surface area contributed by atoms with Crippen molar-refractivity contribution in [2.24, 2.45) is 0 Å². The summed E-state index contributed by atoms with van der Waals surface area (Å²) in [5.74, 6) is -0.205. The van der Waals surface area contributed by atoms with E-state index in [1.807, 2.05) is 12.1 Å². The SMILES string of the molecule is COCCNCc1ccccc1Sc1ccc(F)cc1. The Morgan fingerprint density at radius 3 is 2.60 bits per heavy atom. The molecule has 0 atom stereocenters. The summed E-state index contributed by atoms with van der Waals surface area (Å²) in [4.78, 5) is 2.22. The van der Waals surface area contributed by atoms with Crippen molar-refractivity contribution in [2.45, 2.75) is 16.3 Å². The van der Waals surface area contributed by atoms with E-state index in [1.165, 1.54) is 22.6 Å². The van der Waals surface area contributed by atoms with Crippen LogP contribution in [0.25, 0.3) is 0 Å². The van der Waals surface area contributed by atoms with Crippen LogP contribution in [0, 0.1) is 5.82 Å². The maximum absolute atomic E-state index is 12.9. The van der Waals surface area contributed by atoms with Crippen molar-refractivity contribution < 1.29 is 9.13 Å². The minimum Gasteiger partial charge on any atom is -0.383 e. The minimum atomic E-state index is -0.205. The van der Waals surface area contributed by atoms with Crippen LogP contribution in [-0.2, 0) is 11.3 Å². The van der Waals surface area contributed by atoms with Gasteiger partial charge < -0.3 is 10.1 Å². The molecule has 0 heterocycles. The fourth-order valence-electron chi connectivity index (χ4n) is 1.78. The van der Waals surface area contributed by atoms with E-state index in [0.717, 1.165) is 18.0 Å². The van der Waals surface area contributed by atoms with E-state index in [2.05, 4.69) is 17.4 Å². The Morgan fingerprint density at radius 2 is 1.85 bits per heavy atom. The summed E-state index contributed by atoms with van der Waals surface area (Å²) >= 11 is 1.65. The minimum absolute atomic E-state index is 0.205. The molecule has 0 saturated carbocycles. The van der Waals surface area contributed by atoms with E-state index in [0.29, 0.717) is 6.61 Å². The van der Waals surface area contributed by atoms with Crippen molar-refractivity contribution in [3.05, 3.63) is 59.9 Å². The van der Waals surface area contributed by atoms with Gasteiger partial charge in [-0.3, -0.25) is 0 Å². The van der Waals surface area contributed by atoms with Gasteiger partial charge in [0.25, 0.3) is 0 Å². The molecule has 0 aromatic heterocycles. The molecule has 20 heavy (non-hydrogen) atoms. The average Bonchev–Trinajstić information content (AvgIpc) is 2.47. The van der Waals surface area contributed by atoms with Gasteiger partial charge in [0.15, 0.2) is 0 Å². The monoisotopic (exact) mass is 291 g/mol. The van der Waals surface area contributed by atoms with Crippen LogP contribution in [-0.4, -0.2) is 20.3 Å². The van der Waals surface area contributed by atoms with Gasteiger partial charge in [-0.05, 0) is 35.9 Å². The second kappa shape index (κ2) is 8.04. The molecule has 2 aromatic carbocycles. The summed E-state index contributed by atoms with van der Waals surface area (Å²) in [6.45, 7) is 2.33. The highest BCUT2D eigenvalue weighted by atomic mass is 32.2. The zero-order valence-electron chi connectivity index (χ0n) is 11.4. The van der Waals surface area contributed by atoms with Crippen LogP contribution in [0.3, 0.4) is 0 Å². The molecule has 1 N–H and O–H groups in total. The zero-order chi connectivity index (χ0) is 14.2. The molecule has 2 nitrogen and oxygen atoms in total. The second-order valence-corrected chi connectivity index (χ2v) is 5.45. The van der Waals surface area contributed by atoms with Gasteiger partial charge in [0.2, 0.25) is 0 Å². The Kier molecular flexibility index (Phi) is 6.05. The highest BCUT2D eigenvalue weighted by Crippen LogP contribution is 2.30. The molecule has 0 bridgehead atoms. The summed E-state index contributed by atoms with van der Waals surface area (Å²) in [7, 11) is 1.69. The molecule has 4 heteroatoms. The van der Waals surface area contributed by atoms with E-state index in [-0.39, 0.29) is 5.82 Å². The van der Waals surface area contributed by atoms with Crippen LogP contribution in [0.5, 0.6) is 0 Å². The summed E-state index contributed by atoms with van der Waals surface area (Å²) in [6.07, 6.45) is 0. The first-order chi connectivity index (χ1) is 9.79. The smallest absolute Gasteiger partial charge is 0.123 e. The van der Waals surface area contributed by atoms with Gasteiger partial charge in [0, 0.05) is 30.0 Å². The number of hydrogen-bond acceptors (Lipinski definition) is 3. The largest absolute Gasteiger partial charge is 0.383 e. The molecule has 0 aliphatic carbocycles. The Morgan fingerprint density at radius 1 is 1.10 bits per heavy atom. The number of rotatable bonds is 7. The highest BCUT2D eigenvalue weighted by Gasteiger charge is 2.04. The zero-order valence-corrected chi connectivity index (χ0v) is 12.3. The predicted octanol–water partition coefficient (Wildman–Crippen LogP) is 3.71. The van der Waals surface area contributed by atoms with Crippen LogP contribution in [0.1, 0.15) is 5.56 Å². The number of benzene rings is 2. The van der Waals surface area contributed by atoms with Gasteiger partial charge in [-0.15, -0.1) is 0 Å². The predicted molar refractivity (Wildman–Crippen MR) is 80.5 cm³/mol. The lowest BCUT2D eigenvalue weighted by molar-refractivity contribution is 0.199. The van der Waals surface area contributed by atoms with E-state index < -0.39 is 0 Å². The molecule has 0 fully saturated rings. The molecule has 0 aliphatic heterocycles. The third-order valence-corrected chi connectivity index (χ3v) is 3.94. The number of halogens is 1. The van der Waals surface area contributed by atoms with Crippen molar-refractivity contribution in [3.63, 3.8) is 0 Å². The van der Waals surface area contributed by atoms with Gasteiger partial charge in [0.1, 0.15) is 5.82 Å². The van der Waals surface area contributed by atoms with Gasteiger partial charge in [0.05, 0.1) is 6.61 Å². The fourth-order valence-corrected chi connectivity index (χ4v) is 2.72. The number of hydrogen-bond donors (Lipinski definition) is 1.